The number of hydrogen-bond donors (Lipinski definition) is 1. The van der Waals surface area contributed by atoms with Gasteiger partial charge in [-0.3, -0.25) is 0 Å². The average Bonchev–Trinajstić information content (AvgIpc) is 2.32. The van der Waals surface area contributed by atoms with E-state index in [0.717, 1.165) is 25.8 Å². The fourth-order valence-electron chi connectivity index (χ4n) is 2.01. The van der Waals surface area contributed by atoms with E-state index in [-0.39, 0.29) is 0 Å². The highest BCUT2D eigenvalue weighted by Crippen LogP contribution is 2.28. The second kappa shape index (κ2) is 7.75. The molecule has 1 unspecified atom stereocenters. The first-order valence-electron chi connectivity index (χ1n) is 6.68. The van der Waals surface area contributed by atoms with Gasteiger partial charge < -0.3 is 5.32 Å². The van der Waals surface area contributed by atoms with Crippen LogP contribution in [0.3, 0.4) is 0 Å². The standard InChI is InChI=1S/C16H24BrN/c1-5-10-18-16(9-6-12(2)3)14-11-13(4)7-8-15(14)17/h7-8,11,16,18H,2,5-6,9-10H2,1,3-4H3. The third-order valence-corrected chi connectivity index (χ3v) is 3.75. The van der Waals surface area contributed by atoms with Gasteiger partial charge in [-0.1, -0.05) is 46.1 Å². The molecule has 0 heterocycles. The fraction of sp³-hybridized carbons (Fsp3) is 0.500. The van der Waals surface area contributed by atoms with Gasteiger partial charge in [0.25, 0.3) is 0 Å². The Morgan fingerprint density at radius 3 is 2.78 bits per heavy atom. The van der Waals surface area contributed by atoms with Crippen LogP contribution in [0.4, 0.5) is 0 Å². The summed E-state index contributed by atoms with van der Waals surface area (Å²) in [6, 6.07) is 6.97. The number of benzene rings is 1. The van der Waals surface area contributed by atoms with Crippen molar-refractivity contribution in [2.24, 2.45) is 0 Å². The summed E-state index contributed by atoms with van der Waals surface area (Å²) >= 11 is 3.67. The third-order valence-electron chi connectivity index (χ3n) is 3.03. The Labute approximate surface area is 120 Å². The van der Waals surface area contributed by atoms with Gasteiger partial charge in [0.15, 0.2) is 0 Å². The number of rotatable bonds is 7. The summed E-state index contributed by atoms with van der Waals surface area (Å²) in [7, 11) is 0. The monoisotopic (exact) mass is 309 g/mol. The van der Waals surface area contributed by atoms with Crippen LogP contribution < -0.4 is 5.32 Å². The van der Waals surface area contributed by atoms with E-state index in [1.54, 1.807) is 0 Å². The Morgan fingerprint density at radius 2 is 2.17 bits per heavy atom. The van der Waals surface area contributed by atoms with E-state index in [9.17, 15) is 0 Å². The summed E-state index contributed by atoms with van der Waals surface area (Å²) in [6.45, 7) is 11.5. The summed E-state index contributed by atoms with van der Waals surface area (Å²) in [5.41, 5.74) is 3.93. The van der Waals surface area contributed by atoms with Crippen LogP contribution in [0.15, 0.2) is 34.8 Å². The van der Waals surface area contributed by atoms with Crippen molar-refractivity contribution in [3.63, 3.8) is 0 Å². The molecule has 1 aromatic rings. The minimum Gasteiger partial charge on any atom is -0.310 e. The van der Waals surface area contributed by atoms with Crippen LogP contribution >= 0.6 is 15.9 Å². The number of nitrogens with one attached hydrogen (secondary N) is 1. The first-order chi connectivity index (χ1) is 8.54. The van der Waals surface area contributed by atoms with E-state index in [1.165, 1.54) is 21.2 Å². The normalized spacial score (nSPS) is 12.4. The quantitative estimate of drug-likeness (QED) is 0.686. The van der Waals surface area contributed by atoms with Gasteiger partial charge in [-0.15, -0.1) is 6.58 Å². The van der Waals surface area contributed by atoms with Crippen molar-refractivity contribution in [3.05, 3.63) is 46.0 Å². The fourth-order valence-corrected chi connectivity index (χ4v) is 2.53. The Kier molecular flexibility index (Phi) is 6.66. The molecule has 0 saturated carbocycles. The largest absolute Gasteiger partial charge is 0.310 e. The van der Waals surface area contributed by atoms with Crippen LogP contribution in [0.1, 0.15) is 50.3 Å². The zero-order chi connectivity index (χ0) is 13.5. The van der Waals surface area contributed by atoms with Crippen LogP contribution in [0.5, 0.6) is 0 Å². The molecule has 0 aliphatic carbocycles. The smallest absolute Gasteiger partial charge is 0.0334 e. The molecular weight excluding hydrogens is 286 g/mol. The van der Waals surface area contributed by atoms with Gasteiger partial charge in [-0.25, -0.2) is 0 Å². The topological polar surface area (TPSA) is 12.0 Å². The van der Waals surface area contributed by atoms with Crippen molar-refractivity contribution in [3.8, 4) is 0 Å². The second-order valence-electron chi connectivity index (χ2n) is 5.03. The predicted molar refractivity (Wildman–Crippen MR) is 84.0 cm³/mol. The molecule has 1 aromatic carbocycles. The van der Waals surface area contributed by atoms with Gasteiger partial charge in [0, 0.05) is 10.5 Å². The highest BCUT2D eigenvalue weighted by atomic mass is 79.9. The number of hydrogen-bond acceptors (Lipinski definition) is 1. The lowest BCUT2D eigenvalue weighted by atomic mass is 9.98. The molecular formula is C16H24BrN. The van der Waals surface area contributed by atoms with E-state index >= 15 is 0 Å². The van der Waals surface area contributed by atoms with Crippen molar-refractivity contribution in [1.29, 1.82) is 0 Å². The molecule has 100 valence electrons. The molecule has 0 saturated heterocycles. The molecule has 1 rings (SSSR count). The van der Waals surface area contributed by atoms with Crippen molar-refractivity contribution in [1.82, 2.24) is 5.32 Å². The molecule has 0 amide bonds. The minimum atomic E-state index is 0.413. The summed E-state index contributed by atoms with van der Waals surface area (Å²) in [4.78, 5) is 0. The third kappa shape index (κ3) is 4.95. The lowest BCUT2D eigenvalue weighted by molar-refractivity contribution is 0.497. The number of allylic oxidation sites excluding steroid dienone is 1. The molecule has 0 radical (unpaired) electrons. The van der Waals surface area contributed by atoms with Crippen molar-refractivity contribution in [2.75, 3.05) is 6.54 Å². The van der Waals surface area contributed by atoms with E-state index < -0.39 is 0 Å². The van der Waals surface area contributed by atoms with Gasteiger partial charge in [-0.05, 0) is 51.3 Å². The Balaban J connectivity index is 2.85. The molecule has 0 spiro atoms. The van der Waals surface area contributed by atoms with E-state index in [1.807, 2.05) is 0 Å². The van der Waals surface area contributed by atoms with Crippen molar-refractivity contribution < 1.29 is 0 Å². The summed E-state index contributed by atoms with van der Waals surface area (Å²) in [5.74, 6) is 0. The first kappa shape index (κ1) is 15.5. The zero-order valence-corrected chi connectivity index (χ0v) is 13.3. The number of aryl methyl sites for hydroxylation is 1. The molecule has 0 aromatic heterocycles. The Bertz CT molecular complexity index is 398. The summed E-state index contributed by atoms with van der Waals surface area (Å²) in [5, 5.41) is 3.64. The first-order valence-corrected chi connectivity index (χ1v) is 7.47. The maximum atomic E-state index is 4.00. The number of halogens is 1. The molecule has 18 heavy (non-hydrogen) atoms. The second-order valence-corrected chi connectivity index (χ2v) is 5.88. The minimum absolute atomic E-state index is 0.413. The molecule has 0 fully saturated rings. The lowest BCUT2D eigenvalue weighted by Crippen LogP contribution is -2.22. The molecule has 1 atom stereocenters. The highest BCUT2D eigenvalue weighted by Gasteiger charge is 2.13. The van der Waals surface area contributed by atoms with Gasteiger partial charge in [0.2, 0.25) is 0 Å². The van der Waals surface area contributed by atoms with Crippen molar-refractivity contribution in [2.45, 2.75) is 46.1 Å². The molecule has 1 N–H and O–H groups in total. The van der Waals surface area contributed by atoms with Gasteiger partial charge in [0.1, 0.15) is 0 Å². The van der Waals surface area contributed by atoms with Crippen LogP contribution in [0.25, 0.3) is 0 Å². The summed E-state index contributed by atoms with van der Waals surface area (Å²) in [6.07, 6.45) is 3.34. The molecule has 0 aliphatic rings. The van der Waals surface area contributed by atoms with Gasteiger partial charge >= 0.3 is 0 Å². The van der Waals surface area contributed by atoms with Crippen LogP contribution in [0, 0.1) is 6.92 Å². The van der Waals surface area contributed by atoms with Crippen molar-refractivity contribution >= 4 is 15.9 Å². The average molecular weight is 310 g/mol. The maximum absolute atomic E-state index is 4.00. The molecule has 0 aliphatic heterocycles. The Morgan fingerprint density at radius 1 is 1.44 bits per heavy atom. The van der Waals surface area contributed by atoms with E-state index in [2.05, 4.69) is 66.8 Å². The maximum Gasteiger partial charge on any atom is 0.0334 e. The molecule has 2 heteroatoms. The lowest BCUT2D eigenvalue weighted by Gasteiger charge is -2.21. The van der Waals surface area contributed by atoms with Crippen LogP contribution in [-0.4, -0.2) is 6.54 Å². The zero-order valence-electron chi connectivity index (χ0n) is 11.7. The molecule has 1 nitrogen and oxygen atoms in total. The van der Waals surface area contributed by atoms with E-state index in [0.29, 0.717) is 6.04 Å². The molecule has 0 bridgehead atoms. The van der Waals surface area contributed by atoms with Crippen LogP contribution in [0.2, 0.25) is 0 Å². The van der Waals surface area contributed by atoms with Gasteiger partial charge in [0.05, 0.1) is 0 Å². The van der Waals surface area contributed by atoms with E-state index in [4.69, 9.17) is 0 Å². The highest BCUT2D eigenvalue weighted by molar-refractivity contribution is 9.10. The Hall–Kier alpha value is -0.600. The predicted octanol–water partition coefficient (Wildman–Crippen LogP) is 5.15. The SMILES string of the molecule is C=C(C)CCC(NCCC)c1cc(C)ccc1Br. The summed E-state index contributed by atoms with van der Waals surface area (Å²) < 4.78 is 1.20. The van der Waals surface area contributed by atoms with Gasteiger partial charge in [-0.2, -0.15) is 0 Å². The van der Waals surface area contributed by atoms with Crippen LogP contribution in [-0.2, 0) is 0 Å².